The predicted octanol–water partition coefficient (Wildman–Crippen LogP) is 9.31. The van der Waals surface area contributed by atoms with Gasteiger partial charge in [-0.1, -0.05) is 132 Å². The largest absolute Gasteiger partial charge is 0.467 e. The van der Waals surface area contributed by atoms with Crippen LogP contribution in [0.25, 0.3) is 0 Å². The van der Waals surface area contributed by atoms with Gasteiger partial charge in [-0.2, -0.15) is 35.3 Å². The minimum atomic E-state index is -1.48. The van der Waals surface area contributed by atoms with E-state index in [-0.39, 0.29) is 49.1 Å². The molecule has 1 heterocycles. The van der Waals surface area contributed by atoms with E-state index < -0.39 is 72.3 Å². The highest BCUT2D eigenvalue weighted by atomic mass is 32.2. The molecule has 8 N–H and O–H groups in total. The number of esters is 1. The van der Waals surface area contributed by atoms with Gasteiger partial charge in [0, 0.05) is 42.4 Å². The lowest BCUT2D eigenvalue weighted by atomic mass is 10.0. The average molecular weight is 1210 g/mol. The van der Waals surface area contributed by atoms with E-state index in [9.17, 15) is 43.5 Å². The van der Waals surface area contributed by atoms with Gasteiger partial charge in [0.25, 0.3) is 11.8 Å². The van der Waals surface area contributed by atoms with Crippen LogP contribution in [-0.2, 0) is 43.1 Å². The lowest BCUT2D eigenvalue weighted by Gasteiger charge is -2.26. The molecule has 0 aromatic carbocycles. The van der Waals surface area contributed by atoms with Crippen molar-refractivity contribution in [3.63, 3.8) is 0 Å². The Bertz CT molecular complexity index is 1980. The molecule has 0 aromatic heterocycles. The van der Waals surface area contributed by atoms with E-state index >= 15 is 0 Å². The number of rotatable bonds is 51. The van der Waals surface area contributed by atoms with Crippen molar-refractivity contribution in [2.75, 3.05) is 61.8 Å². The highest BCUT2D eigenvalue weighted by Crippen LogP contribution is 2.17. The lowest BCUT2D eigenvalue weighted by molar-refractivity contribution is -0.144. The zero-order valence-corrected chi connectivity index (χ0v) is 53.6. The fourth-order valence-electron chi connectivity index (χ4n) is 9.02. The molecule has 0 bridgehead atoms. The van der Waals surface area contributed by atoms with Crippen LogP contribution >= 0.6 is 35.3 Å². The van der Waals surface area contributed by atoms with Gasteiger partial charge in [0.1, 0.15) is 30.2 Å². The number of unbranched alkanes of at least 4 members (excludes halogenated alkanes) is 16. The smallest absolute Gasteiger partial charge is 0.329 e. The van der Waals surface area contributed by atoms with E-state index in [0.717, 1.165) is 49.8 Å². The standard InChI is InChI=1S/C62H107N7O10S3/c1-8-9-10-11-12-13-14-15-16-17-18-19-20-26-41-81-45-53(67-60(76)52(44-70)66-59(75)51(38-42-80-7)64-55(71)34-22-21-25-40-69-56(72)35-36-57(69)73)61(77)65-50(33-23-24-39-63)58(74)68-54(62(78)79-6)46-82-43-37-49(5)32-28-31-48(4)30-27-29-47(2)3/h29,31,35-37,50-54,70H,8-28,30,32-34,38-46,63H2,1-7H3,(H,64,71)(H,65,77)(H,66,75)(H,67,76)(H,68,74)/b48-31+,49-37+/t50-,51-,52-,53-,54-/m0/s1. The number of nitrogens with one attached hydrogen (secondary N) is 5. The van der Waals surface area contributed by atoms with Gasteiger partial charge < -0.3 is 42.2 Å². The summed E-state index contributed by atoms with van der Waals surface area (Å²) in [6.07, 6.45) is 35.2. The summed E-state index contributed by atoms with van der Waals surface area (Å²) in [6, 6.07) is -5.81. The monoisotopic (exact) mass is 1210 g/mol. The Morgan fingerprint density at radius 2 is 1.07 bits per heavy atom. The van der Waals surface area contributed by atoms with Crippen LogP contribution in [0, 0.1) is 0 Å². The number of carbonyl (C=O) groups excluding carboxylic acids is 8. The summed E-state index contributed by atoms with van der Waals surface area (Å²) < 4.78 is 5.09. The highest BCUT2D eigenvalue weighted by Gasteiger charge is 2.33. The number of methoxy groups -OCH3 is 1. The third-order valence-corrected chi connectivity index (χ3v) is 16.9. The first kappa shape index (κ1) is 75.9. The Morgan fingerprint density at radius 3 is 1.65 bits per heavy atom. The number of allylic oxidation sites excluding steroid dienone is 5. The maximum Gasteiger partial charge on any atom is 0.329 e. The van der Waals surface area contributed by atoms with Gasteiger partial charge in [0.05, 0.1) is 13.7 Å². The molecular weight excluding hydrogens is 1100 g/mol. The summed E-state index contributed by atoms with van der Waals surface area (Å²) in [5.41, 5.74) is 9.74. The summed E-state index contributed by atoms with van der Waals surface area (Å²) in [7, 11) is 1.26. The van der Waals surface area contributed by atoms with Crippen LogP contribution in [0.2, 0.25) is 0 Å². The van der Waals surface area contributed by atoms with Gasteiger partial charge in [-0.15, -0.1) is 0 Å². The summed E-state index contributed by atoms with van der Waals surface area (Å²) in [5, 5.41) is 24.2. The Hall–Kier alpha value is -4.11. The Labute approximate surface area is 506 Å². The molecule has 0 fully saturated rings. The van der Waals surface area contributed by atoms with Gasteiger partial charge in [0.15, 0.2) is 0 Å². The number of carbonyl (C=O) groups is 8. The molecule has 1 aliphatic heterocycles. The number of nitrogens with zero attached hydrogens (tertiary/aromatic N) is 1. The summed E-state index contributed by atoms with van der Waals surface area (Å²) in [6.45, 7) is 10.5. The number of amides is 7. The van der Waals surface area contributed by atoms with Crippen LogP contribution < -0.4 is 32.3 Å². The average Bonchev–Trinajstić information content (AvgIpc) is 3.81. The first-order valence-electron chi connectivity index (χ1n) is 30.5. The first-order valence-corrected chi connectivity index (χ1v) is 34.2. The molecule has 0 saturated heterocycles. The van der Waals surface area contributed by atoms with Crippen LogP contribution in [0.15, 0.2) is 47.1 Å². The predicted molar refractivity (Wildman–Crippen MR) is 339 cm³/mol. The van der Waals surface area contributed by atoms with Crippen molar-refractivity contribution in [3.05, 3.63) is 47.1 Å². The molecule has 7 amide bonds. The molecule has 5 atom stereocenters. The molecule has 1 rings (SSSR count). The molecule has 0 aromatic rings. The van der Waals surface area contributed by atoms with Crippen LogP contribution in [0.1, 0.15) is 202 Å². The van der Waals surface area contributed by atoms with E-state index in [1.165, 1.54) is 142 Å². The van der Waals surface area contributed by atoms with Crippen molar-refractivity contribution in [3.8, 4) is 0 Å². The molecule has 17 nitrogen and oxygen atoms in total. The number of ether oxygens (including phenoxy) is 1. The van der Waals surface area contributed by atoms with Crippen molar-refractivity contribution < 1.29 is 48.2 Å². The molecule has 0 aliphatic carbocycles. The fraction of sp³-hybridized carbons (Fsp3) is 0.742. The number of hydrogen-bond donors (Lipinski definition) is 7. The molecule has 20 heteroatoms. The summed E-state index contributed by atoms with van der Waals surface area (Å²) in [5.74, 6) is -2.31. The SMILES string of the molecule is CCCCCCCCCCCCCCCCSC[C@H](NC(=O)[C@H](CO)NC(=O)[C@H](CCSC)NC(=O)CCCCCN1C(=O)C=CC1=O)C(=O)N[C@@H](CCCCN)C(=O)N[C@@H](CSC/C=C(\C)CC/C=C(\C)CCC=C(C)C)C(=O)OC. The van der Waals surface area contributed by atoms with E-state index in [0.29, 0.717) is 55.9 Å². The summed E-state index contributed by atoms with van der Waals surface area (Å²) in [4.78, 5) is 107. The number of aliphatic hydroxyl groups excluding tert-OH is 1. The first-order chi connectivity index (χ1) is 39.5. The topological polar surface area (TPSA) is 255 Å². The quantitative estimate of drug-likeness (QED) is 0.0130. The number of imide groups is 1. The minimum absolute atomic E-state index is 0.0853. The van der Waals surface area contributed by atoms with Gasteiger partial charge in [0.2, 0.25) is 29.5 Å². The van der Waals surface area contributed by atoms with E-state index in [1.54, 1.807) is 0 Å². The normalized spacial score (nSPS) is 14.4. The third-order valence-electron chi connectivity index (χ3n) is 14.2. The number of aliphatic hydroxyl groups is 1. The van der Waals surface area contributed by atoms with Crippen molar-refractivity contribution in [1.29, 1.82) is 0 Å². The van der Waals surface area contributed by atoms with Crippen LogP contribution in [0.3, 0.4) is 0 Å². The number of hydrogen-bond acceptors (Lipinski definition) is 14. The van der Waals surface area contributed by atoms with Crippen molar-refractivity contribution in [2.24, 2.45) is 5.73 Å². The van der Waals surface area contributed by atoms with Crippen molar-refractivity contribution in [2.45, 2.75) is 232 Å². The molecular formula is C62H107N7O10S3. The second-order valence-corrected chi connectivity index (χ2v) is 25.0. The molecule has 0 saturated carbocycles. The molecule has 82 heavy (non-hydrogen) atoms. The fourth-order valence-corrected chi connectivity index (χ4v) is 11.5. The van der Waals surface area contributed by atoms with Gasteiger partial charge in [-0.3, -0.25) is 38.5 Å². The molecule has 0 radical (unpaired) electrons. The number of thioether (sulfide) groups is 3. The van der Waals surface area contributed by atoms with E-state index in [1.807, 2.05) is 6.26 Å². The van der Waals surface area contributed by atoms with Crippen LogP contribution in [-0.4, -0.2) is 149 Å². The molecule has 0 unspecified atom stereocenters. The van der Waals surface area contributed by atoms with Gasteiger partial charge in [-0.25, -0.2) is 4.79 Å². The Morgan fingerprint density at radius 1 is 0.573 bits per heavy atom. The zero-order chi connectivity index (χ0) is 60.8. The zero-order valence-electron chi connectivity index (χ0n) is 51.2. The summed E-state index contributed by atoms with van der Waals surface area (Å²) >= 11 is 4.43. The van der Waals surface area contributed by atoms with Crippen LogP contribution in [0.4, 0.5) is 0 Å². The van der Waals surface area contributed by atoms with Gasteiger partial charge in [-0.05, 0) is 123 Å². The number of nitrogens with two attached hydrogens (primary N) is 1. The van der Waals surface area contributed by atoms with Crippen molar-refractivity contribution in [1.82, 2.24) is 31.5 Å². The second kappa shape index (κ2) is 49.2. The van der Waals surface area contributed by atoms with Crippen LogP contribution in [0.5, 0.6) is 0 Å². The maximum absolute atomic E-state index is 14.4. The minimum Gasteiger partial charge on any atom is -0.467 e. The molecule has 468 valence electrons. The highest BCUT2D eigenvalue weighted by molar-refractivity contribution is 7.99. The Kier molecular flexibility index (Phi) is 45.5. The lowest BCUT2D eigenvalue weighted by Crippen LogP contribution is -2.60. The third kappa shape index (κ3) is 37.3. The Balaban J connectivity index is 3.12. The van der Waals surface area contributed by atoms with E-state index in [2.05, 4.69) is 79.4 Å². The second-order valence-electron chi connectivity index (χ2n) is 21.8. The molecule has 0 spiro atoms. The van der Waals surface area contributed by atoms with Crippen molar-refractivity contribution >= 4 is 82.6 Å². The van der Waals surface area contributed by atoms with E-state index in [4.69, 9.17) is 10.5 Å². The maximum atomic E-state index is 14.4. The van der Waals surface area contributed by atoms with Gasteiger partial charge >= 0.3 is 5.97 Å². The molecule has 1 aliphatic rings.